The molecular formula is C18H25F2N7. The molecule has 1 fully saturated rings. The van der Waals surface area contributed by atoms with Gasteiger partial charge in [-0.3, -0.25) is 0 Å². The van der Waals surface area contributed by atoms with Crippen molar-refractivity contribution in [1.82, 2.24) is 25.4 Å². The van der Waals surface area contributed by atoms with E-state index in [1.807, 2.05) is 30.4 Å². The number of halogens is 2. The summed E-state index contributed by atoms with van der Waals surface area (Å²) < 4.78 is 29.0. The van der Waals surface area contributed by atoms with Crippen LogP contribution in [0.3, 0.4) is 0 Å². The zero-order valence-electron chi connectivity index (χ0n) is 15.8. The SMILES string of the molecule is CCNC(=NCc1nnc(C)n1C)NC1CCN(c2ccc(F)cc2F)C1. The Kier molecular flexibility index (Phi) is 5.88. The Morgan fingerprint density at radius 2 is 2.15 bits per heavy atom. The van der Waals surface area contributed by atoms with Gasteiger partial charge < -0.3 is 20.1 Å². The minimum Gasteiger partial charge on any atom is -0.367 e. The summed E-state index contributed by atoms with van der Waals surface area (Å²) in [7, 11) is 1.91. The standard InChI is InChI=1S/C18H25F2N7/c1-4-21-18(22-10-17-25-24-12(2)26(17)3)23-14-7-8-27(11-14)16-6-5-13(19)9-15(16)20/h5-6,9,14H,4,7-8,10-11H2,1-3H3,(H2,21,22,23). The fraction of sp³-hybridized carbons (Fsp3) is 0.500. The van der Waals surface area contributed by atoms with E-state index in [2.05, 4.69) is 25.8 Å². The van der Waals surface area contributed by atoms with Crippen molar-refractivity contribution in [2.24, 2.45) is 12.0 Å². The maximum absolute atomic E-state index is 14.0. The van der Waals surface area contributed by atoms with E-state index in [-0.39, 0.29) is 6.04 Å². The number of aromatic nitrogens is 3. The molecule has 1 aliphatic heterocycles. The number of aryl methyl sites for hydroxylation is 1. The first-order valence-corrected chi connectivity index (χ1v) is 9.07. The molecule has 2 heterocycles. The zero-order chi connectivity index (χ0) is 19.4. The fourth-order valence-electron chi connectivity index (χ4n) is 3.09. The van der Waals surface area contributed by atoms with Crippen molar-refractivity contribution >= 4 is 11.6 Å². The average molecular weight is 377 g/mol. The molecular weight excluding hydrogens is 352 g/mol. The number of anilines is 1. The molecule has 0 saturated carbocycles. The first-order valence-electron chi connectivity index (χ1n) is 9.07. The molecule has 7 nitrogen and oxygen atoms in total. The van der Waals surface area contributed by atoms with Crippen LogP contribution < -0.4 is 15.5 Å². The maximum atomic E-state index is 14.0. The summed E-state index contributed by atoms with van der Waals surface area (Å²) in [5.74, 6) is 1.21. The molecule has 9 heteroatoms. The molecule has 3 rings (SSSR count). The summed E-state index contributed by atoms with van der Waals surface area (Å²) >= 11 is 0. The molecule has 0 bridgehead atoms. The topological polar surface area (TPSA) is 70.4 Å². The molecule has 2 N–H and O–H groups in total. The third-order valence-corrected chi connectivity index (χ3v) is 4.69. The predicted molar refractivity (Wildman–Crippen MR) is 101 cm³/mol. The van der Waals surface area contributed by atoms with Crippen LogP contribution in [0.5, 0.6) is 0 Å². The Balaban J connectivity index is 1.63. The van der Waals surface area contributed by atoms with Gasteiger partial charge in [-0.2, -0.15) is 0 Å². The van der Waals surface area contributed by atoms with Crippen molar-refractivity contribution in [1.29, 1.82) is 0 Å². The summed E-state index contributed by atoms with van der Waals surface area (Å²) in [4.78, 5) is 6.50. The van der Waals surface area contributed by atoms with E-state index >= 15 is 0 Å². The molecule has 0 radical (unpaired) electrons. The summed E-state index contributed by atoms with van der Waals surface area (Å²) in [5, 5.41) is 14.8. The zero-order valence-corrected chi connectivity index (χ0v) is 15.8. The molecule has 1 saturated heterocycles. The highest BCUT2D eigenvalue weighted by Gasteiger charge is 2.25. The first kappa shape index (κ1) is 19.1. The largest absolute Gasteiger partial charge is 0.367 e. The molecule has 1 aromatic carbocycles. The Hall–Kier alpha value is -2.71. The van der Waals surface area contributed by atoms with E-state index in [4.69, 9.17) is 0 Å². The number of nitrogens with one attached hydrogen (secondary N) is 2. The van der Waals surface area contributed by atoms with E-state index in [1.54, 1.807) is 0 Å². The minimum absolute atomic E-state index is 0.119. The lowest BCUT2D eigenvalue weighted by Crippen LogP contribution is -2.44. The van der Waals surface area contributed by atoms with Gasteiger partial charge in [0.2, 0.25) is 0 Å². The number of hydrogen-bond donors (Lipinski definition) is 2. The van der Waals surface area contributed by atoms with Gasteiger partial charge in [0.15, 0.2) is 11.8 Å². The lowest BCUT2D eigenvalue weighted by atomic mass is 10.2. The summed E-state index contributed by atoms with van der Waals surface area (Å²) in [6.07, 6.45) is 0.838. The molecule has 0 spiro atoms. The molecule has 1 unspecified atom stereocenters. The third-order valence-electron chi connectivity index (χ3n) is 4.69. The predicted octanol–water partition coefficient (Wildman–Crippen LogP) is 1.74. The lowest BCUT2D eigenvalue weighted by Gasteiger charge is -2.21. The van der Waals surface area contributed by atoms with Crippen LogP contribution in [0.1, 0.15) is 25.0 Å². The Morgan fingerprint density at radius 1 is 1.33 bits per heavy atom. The van der Waals surface area contributed by atoms with E-state index in [0.717, 1.165) is 30.7 Å². The van der Waals surface area contributed by atoms with Gasteiger partial charge in [0.25, 0.3) is 0 Å². The number of hydrogen-bond acceptors (Lipinski definition) is 4. The van der Waals surface area contributed by atoms with Crippen molar-refractivity contribution in [3.8, 4) is 0 Å². The van der Waals surface area contributed by atoms with Crippen molar-refractivity contribution in [2.75, 3.05) is 24.5 Å². The van der Waals surface area contributed by atoms with Crippen molar-refractivity contribution in [2.45, 2.75) is 32.9 Å². The first-order chi connectivity index (χ1) is 13.0. The molecule has 1 aromatic heterocycles. The van der Waals surface area contributed by atoms with Gasteiger partial charge in [0.05, 0.1) is 5.69 Å². The highest BCUT2D eigenvalue weighted by Crippen LogP contribution is 2.24. The highest BCUT2D eigenvalue weighted by molar-refractivity contribution is 5.80. The van der Waals surface area contributed by atoms with Crippen LogP contribution in [0.2, 0.25) is 0 Å². The van der Waals surface area contributed by atoms with Crippen LogP contribution in [-0.4, -0.2) is 46.4 Å². The second-order valence-corrected chi connectivity index (χ2v) is 6.59. The van der Waals surface area contributed by atoms with Gasteiger partial charge in [-0.1, -0.05) is 0 Å². The van der Waals surface area contributed by atoms with Gasteiger partial charge in [0.1, 0.15) is 24.0 Å². The molecule has 2 aromatic rings. The van der Waals surface area contributed by atoms with Crippen LogP contribution in [0.4, 0.5) is 14.5 Å². The van der Waals surface area contributed by atoms with Crippen molar-refractivity contribution < 1.29 is 8.78 Å². The van der Waals surface area contributed by atoms with Gasteiger partial charge in [-0.05, 0) is 32.4 Å². The summed E-state index contributed by atoms with van der Waals surface area (Å²) in [6, 6.07) is 3.81. The maximum Gasteiger partial charge on any atom is 0.191 e. The quantitative estimate of drug-likeness (QED) is 0.614. The number of nitrogens with zero attached hydrogens (tertiary/aromatic N) is 5. The molecule has 0 aliphatic carbocycles. The second-order valence-electron chi connectivity index (χ2n) is 6.59. The third kappa shape index (κ3) is 4.53. The highest BCUT2D eigenvalue weighted by atomic mass is 19.1. The number of aliphatic imine (C=N–C) groups is 1. The lowest BCUT2D eigenvalue weighted by molar-refractivity contribution is 0.580. The number of rotatable bonds is 5. The Labute approximate surface area is 157 Å². The van der Waals surface area contributed by atoms with E-state index in [0.29, 0.717) is 31.3 Å². The van der Waals surface area contributed by atoms with E-state index < -0.39 is 11.6 Å². The normalized spacial score (nSPS) is 17.4. The fourth-order valence-corrected chi connectivity index (χ4v) is 3.09. The van der Waals surface area contributed by atoms with Crippen LogP contribution in [0, 0.1) is 18.6 Å². The van der Waals surface area contributed by atoms with Crippen LogP contribution in [0.25, 0.3) is 0 Å². The van der Waals surface area contributed by atoms with Gasteiger partial charge in [-0.25, -0.2) is 13.8 Å². The molecule has 0 amide bonds. The van der Waals surface area contributed by atoms with Gasteiger partial charge in [-0.15, -0.1) is 10.2 Å². The summed E-state index contributed by atoms with van der Waals surface area (Å²) in [6.45, 7) is 6.35. The summed E-state index contributed by atoms with van der Waals surface area (Å²) in [5.41, 5.74) is 0.428. The van der Waals surface area contributed by atoms with E-state index in [1.165, 1.54) is 12.1 Å². The van der Waals surface area contributed by atoms with Crippen LogP contribution in [0.15, 0.2) is 23.2 Å². The van der Waals surface area contributed by atoms with Gasteiger partial charge >= 0.3 is 0 Å². The van der Waals surface area contributed by atoms with Crippen LogP contribution >= 0.6 is 0 Å². The molecule has 1 atom stereocenters. The van der Waals surface area contributed by atoms with Crippen molar-refractivity contribution in [3.05, 3.63) is 41.5 Å². The number of guanidine groups is 1. The molecule has 1 aliphatic rings. The Bertz CT molecular complexity index is 818. The monoisotopic (exact) mass is 377 g/mol. The number of benzene rings is 1. The minimum atomic E-state index is -0.564. The van der Waals surface area contributed by atoms with Crippen LogP contribution in [-0.2, 0) is 13.6 Å². The molecule has 146 valence electrons. The average Bonchev–Trinajstić information content (AvgIpc) is 3.21. The Morgan fingerprint density at radius 3 is 2.81 bits per heavy atom. The smallest absolute Gasteiger partial charge is 0.191 e. The van der Waals surface area contributed by atoms with Crippen molar-refractivity contribution in [3.63, 3.8) is 0 Å². The van der Waals surface area contributed by atoms with Gasteiger partial charge in [0, 0.05) is 38.8 Å². The molecule has 27 heavy (non-hydrogen) atoms. The second kappa shape index (κ2) is 8.32. The van der Waals surface area contributed by atoms with E-state index in [9.17, 15) is 8.78 Å².